The van der Waals surface area contributed by atoms with Gasteiger partial charge in [0.05, 0.1) is 5.56 Å². The number of nitrogens with zero attached hydrogens (tertiary/aromatic N) is 2. The van der Waals surface area contributed by atoms with Crippen molar-refractivity contribution in [1.29, 1.82) is 0 Å². The Kier molecular flexibility index (Phi) is 3.20. The lowest BCUT2D eigenvalue weighted by Crippen LogP contribution is -2.53. The third-order valence-corrected chi connectivity index (χ3v) is 2.41. The summed E-state index contributed by atoms with van der Waals surface area (Å²) < 4.78 is 0. The average Bonchev–Trinajstić information content (AvgIpc) is 2.36. The molecular weight excluding hydrogens is 238 g/mol. The van der Waals surface area contributed by atoms with Gasteiger partial charge in [0.15, 0.2) is 5.82 Å². The number of aromatic nitrogens is 1. The lowest BCUT2D eigenvalue weighted by Gasteiger charge is -2.25. The fourth-order valence-electron chi connectivity index (χ4n) is 1.64. The number of hydrogen-bond donors (Lipinski definition) is 3. The molecule has 94 valence electrons. The van der Waals surface area contributed by atoms with Gasteiger partial charge in [-0.1, -0.05) is 0 Å². The van der Waals surface area contributed by atoms with Crippen LogP contribution in [0, 0.1) is 0 Å². The first kappa shape index (κ1) is 12.0. The van der Waals surface area contributed by atoms with Gasteiger partial charge in [-0.3, -0.25) is 19.7 Å². The number of carbonyl (C=O) groups is 3. The zero-order valence-corrected chi connectivity index (χ0v) is 9.34. The van der Waals surface area contributed by atoms with E-state index in [4.69, 9.17) is 5.84 Å². The van der Waals surface area contributed by atoms with Crippen molar-refractivity contribution in [3.8, 4) is 0 Å². The molecule has 8 heteroatoms. The summed E-state index contributed by atoms with van der Waals surface area (Å²) in [5, 5.41) is 2.12. The number of carbonyl (C=O) groups excluding carboxylic acids is 3. The maximum atomic E-state index is 12.1. The molecule has 8 nitrogen and oxygen atoms in total. The minimum atomic E-state index is -0.509. The first-order chi connectivity index (χ1) is 8.61. The van der Waals surface area contributed by atoms with Gasteiger partial charge < -0.3 is 10.3 Å². The van der Waals surface area contributed by atoms with E-state index in [1.54, 1.807) is 6.07 Å². The fraction of sp³-hybridized carbons (Fsp3) is 0.200. The molecule has 0 unspecified atom stereocenters. The summed E-state index contributed by atoms with van der Waals surface area (Å²) in [5.74, 6) is 3.95. The number of hydrogen-bond acceptors (Lipinski definition) is 6. The van der Waals surface area contributed by atoms with E-state index in [-0.39, 0.29) is 24.5 Å². The highest BCUT2D eigenvalue weighted by atomic mass is 16.2. The largest absolute Gasteiger partial charge is 0.320 e. The van der Waals surface area contributed by atoms with Crippen molar-refractivity contribution in [3.63, 3.8) is 0 Å². The van der Waals surface area contributed by atoms with Crippen LogP contribution < -0.4 is 16.6 Å². The Labute approximate surface area is 102 Å². The normalized spacial score (nSPS) is 15.3. The second-order valence-electron chi connectivity index (χ2n) is 3.68. The van der Waals surface area contributed by atoms with Crippen LogP contribution in [0.15, 0.2) is 18.3 Å². The molecule has 4 N–H and O–H groups in total. The molecule has 2 heterocycles. The predicted octanol–water partition coefficient (Wildman–Crippen LogP) is -1.53. The van der Waals surface area contributed by atoms with E-state index in [0.717, 1.165) is 4.90 Å². The Morgan fingerprint density at radius 1 is 1.39 bits per heavy atom. The molecule has 1 aromatic heterocycles. The molecular formula is C10H11N5O3. The number of hydrazine groups is 1. The second-order valence-corrected chi connectivity index (χ2v) is 3.68. The van der Waals surface area contributed by atoms with Crippen molar-refractivity contribution in [2.75, 3.05) is 18.5 Å². The van der Waals surface area contributed by atoms with Crippen LogP contribution in [0.2, 0.25) is 0 Å². The highest BCUT2D eigenvalue weighted by Crippen LogP contribution is 2.13. The van der Waals surface area contributed by atoms with Gasteiger partial charge in [0.25, 0.3) is 5.91 Å². The first-order valence-electron chi connectivity index (χ1n) is 5.15. The number of amides is 3. The van der Waals surface area contributed by atoms with Gasteiger partial charge in [0.2, 0.25) is 11.8 Å². The van der Waals surface area contributed by atoms with Crippen molar-refractivity contribution < 1.29 is 14.4 Å². The summed E-state index contributed by atoms with van der Waals surface area (Å²) >= 11 is 0. The number of pyridine rings is 1. The molecule has 18 heavy (non-hydrogen) atoms. The number of nitrogens with one attached hydrogen (secondary N) is 2. The average molecular weight is 249 g/mol. The second kappa shape index (κ2) is 4.80. The Hall–Kier alpha value is -2.48. The summed E-state index contributed by atoms with van der Waals surface area (Å²) in [4.78, 5) is 39.5. The number of rotatable bonds is 2. The van der Waals surface area contributed by atoms with E-state index in [1.165, 1.54) is 12.3 Å². The number of nitrogens with two attached hydrogens (primary N) is 1. The maximum absolute atomic E-state index is 12.1. The number of anilines is 1. The van der Waals surface area contributed by atoms with E-state index in [1.807, 2.05) is 0 Å². The van der Waals surface area contributed by atoms with Gasteiger partial charge in [-0.05, 0) is 12.1 Å². The summed E-state index contributed by atoms with van der Waals surface area (Å²) in [6.45, 7) is -0.326. The van der Waals surface area contributed by atoms with Gasteiger partial charge >= 0.3 is 0 Å². The highest BCUT2D eigenvalue weighted by molar-refractivity contribution is 6.07. The lowest BCUT2D eigenvalue weighted by atomic mass is 10.2. The molecule has 0 aromatic carbocycles. The van der Waals surface area contributed by atoms with E-state index >= 15 is 0 Å². The van der Waals surface area contributed by atoms with Crippen LogP contribution in [0.3, 0.4) is 0 Å². The molecule has 1 aliphatic heterocycles. The number of imide groups is 1. The zero-order valence-electron chi connectivity index (χ0n) is 9.34. The van der Waals surface area contributed by atoms with Crippen molar-refractivity contribution in [1.82, 2.24) is 15.2 Å². The van der Waals surface area contributed by atoms with Gasteiger partial charge in [-0.15, -0.1) is 0 Å². The molecule has 2 rings (SSSR count). The zero-order chi connectivity index (χ0) is 13.1. The third-order valence-electron chi connectivity index (χ3n) is 2.41. The van der Waals surface area contributed by atoms with Gasteiger partial charge in [-0.2, -0.15) is 0 Å². The van der Waals surface area contributed by atoms with Crippen LogP contribution in [0.25, 0.3) is 0 Å². The molecule has 0 atom stereocenters. The maximum Gasteiger partial charge on any atom is 0.258 e. The van der Waals surface area contributed by atoms with E-state index in [9.17, 15) is 14.4 Å². The van der Waals surface area contributed by atoms with Crippen LogP contribution in [0.1, 0.15) is 10.4 Å². The highest BCUT2D eigenvalue weighted by Gasteiger charge is 2.28. The molecule has 0 spiro atoms. The van der Waals surface area contributed by atoms with Crippen molar-refractivity contribution in [3.05, 3.63) is 23.9 Å². The third kappa shape index (κ3) is 2.28. The Morgan fingerprint density at radius 2 is 2.06 bits per heavy atom. The summed E-state index contributed by atoms with van der Waals surface area (Å²) in [7, 11) is 0. The molecule has 1 aliphatic rings. The van der Waals surface area contributed by atoms with Crippen molar-refractivity contribution >= 4 is 23.5 Å². The van der Waals surface area contributed by atoms with Crippen LogP contribution in [-0.2, 0) is 9.59 Å². The van der Waals surface area contributed by atoms with Crippen molar-refractivity contribution in [2.24, 2.45) is 5.84 Å². The molecule has 0 aliphatic carbocycles. The monoisotopic (exact) mass is 249 g/mol. The van der Waals surface area contributed by atoms with E-state index in [0.29, 0.717) is 0 Å². The number of nitrogen functional groups attached to an aromatic ring is 1. The van der Waals surface area contributed by atoms with Crippen LogP contribution in [0.4, 0.5) is 5.82 Å². The minimum Gasteiger partial charge on any atom is -0.320 e. The van der Waals surface area contributed by atoms with Crippen molar-refractivity contribution in [2.45, 2.75) is 0 Å². The summed E-state index contributed by atoms with van der Waals surface area (Å²) in [6, 6.07) is 3.08. The van der Waals surface area contributed by atoms with E-state index in [2.05, 4.69) is 15.7 Å². The topological polar surface area (TPSA) is 117 Å². The van der Waals surface area contributed by atoms with Gasteiger partial charge in [0.1, 0.15) is 13.1 Å². The molecule has 0 bridgehead atoms. The Bertz CT molecular complexity index is 500. The SMILES string of the molecule is NNc1ncccc1C(=O)N1CC(=O)NC(=O)C1. The van der Waals surface area contributed by atoms with Gasteiger partial charge in [0, 0.05) is 6.20 Å². The quantitative estimate of drug-likeness (QED) is 0.332. The lowest BCUT2D eigenvalue weighted by molar-refractivity contribution is -0.135. The van der Waals surface area contributed by atoms with E-state index < -0.39 is 17.7 Å². The standard InChI is InChI=1S/C10H11N5O3/c11-14-9-6(2-1-3-12-9)10(18)15-4-7(16)13-8(17)5-15/h1-3H,4-5,11H2,(H,12,14)(H,13,16,17). The molecule has 0 radical (unpaired) electrons. The Balaban J connectivity index is 2.25. The number of piperazine rings is 1. The van der Waals surface area contributed by atoms with Crippen LogP contribution in [-0.4, -0.2) is 40.7 Å². The van der Waals surface area contributed by atoms with Crippen LogP contribution >= 0.6 is 0 Å². The molecule has 0 saturated carbocycles. The predicted molar refractivity (Wildman–Crippen MR) is 61.1 cm³/mol. The molecule has 3 amide bonds. The minimum absolute atomic E-state index is 0.163. The smallest absolute Gasteiger partial charge is 0.258 e. The first-order valence-corrected chi connectivity index (χ1v) is 5.15. The summed E-state index contributed by atoms with van der Waals surface area (Å²) in [5.41, 5.74) is 2.50. The molecule has 1 fully saturated rings. The Morgan fingerprint density at radius 3 is 2.67 bits per heavy atom. The fourth-order valence-corrected chi connectivity index (χ4v) is 1.64. The van der Waals surface area contributed by atoms with Crippen LogP contribution in [0.5, 0.6) is 0 Å². The molecule has 1 saturated heterocycles. The summed E-state index contributed by atoms with van der Waals surface area (Å²) in [6.07, 6.45) is 1.47. The molecule has 1 aromatic rings. The van der Waals surface area contributed by atoms with Gasteiger partial charge in [-0.25, -0.2) is 10.8 Å².